The summed E-state index contributed by atoms with van der Waals surface area (Å²) in [7, 11) is 0. The van der Waals surface area contributed by atoms with Gasteiger partial charge in [0, 0.05) is 10.6 Å². The zero-order valence-corrected chi connectivity index (χ0v) is 18.3. The van der Waals surface area contributed by atoms with Gasteiger partial charge in [0.1, 0.15) is 5.82 Å². The minimum Gasteiger partial charge on any atom is -0.345 e. The second kappa shape index (κ2) is 10.2. The number of carbonyl (C=O) groups excluding carboxylic acids is 2. The number of halogens is 5. The molecule has 32 heavy (non-hydrogen) atoms. The predicted molar refractivity (Wildman–Crippen MR) is 115 cm³/mol. The Labute approximate surface area is 194 Å². The lowest BCUT2D eigenvalue weighted by Crippen LogP contribution is -2.23. The molecule has 0 spiro atoms. The van der Waals surface area contributed by atoms with Crippen LogP contribution in [0.15, 0.2) is 47.6 Å². The van der Waals surface area contributed by atoms with Crippen molar-refractivity contribution in [2.45, 2.75) is 17.9 Å². The van der Waals surface area contributed by atoms with Crippen LogP contribution in [-0.2, 0) is 17.5 Å². The molecule has 13 heteroatoms. The van der Waals surface area contributed by atoms with Gasteiger partial charge in [-0.05, 0) is 42.5 Å². The number of H-pyrrole nitrogens is 1. The summed E-state index contributed by atoms with van der Waals surface area (Å²) in [5, 5.41) is 12.3. The number of anilines is 1. The summed E-state index contributed by atoms with van der Waals surface area (Å²) in [6.07, 6.45) is -4.56. The Morgan fingerprint density at radius 2 is 1.81 bits per heavy atom. The highest BCUT2D eigenvalue weighted by Gasteiger charge is 2.31. The van der Waals surface area contributed by atoms with E-state index in [4.69, 9.17) is 23.2 Å². The number of hydrogen-bond donors (Lipinski definition) is 3. The second-order valence-electron chi connectivity index (χ2n) is 6.28. The van der Waals surface area contributed by atoms with Crippen LogP contribution in [0.1, 0.15) is 21.7 Å². The number of nitrogens with zero attached hydrogens (tertiary/aromatic N) is 2. The number of carbonyl (C=O) groups is 2. The van der Waals surface area contributed by atoms with E-state index in [2.05, 4.69) is 25.8 Å². The van der Waals surface area contributed by atoms with Crippen molar-refractivity contribution in [2.24, 2.45) is 0 Å². The average Bonchev–Trinajstić information content (AvgIpc) is 3.20. The van der Waals surface area contributed by atoms with E-state index in [-0.39, 0.29) is 34.1 Å². The fourth-order valence-corrected chi connectivity index (χ4v) is 3.31. The minimum absolute atomic E-state index is 0.0204. The van der Waals surface area contributed by atoms with E-state index in [0.717, 1.165) is 30.0 Å². The molecule has 2 aromatic carbocycles. The normalized spacial score (nSPS) is 11.3. The van der Waals surface area contributed by atoms with Crippen LogP contribution < -0.4 is 10.6 Å². The number of thioether (sulfide) groups is 1. The maximum absolute atomic E-state index is 12.8. The number of benzene rings is 2. The second-order valence-corrected chi connectivity index (χ2v) is 8.07. The van der Waals surface area contributed by atoms with Crippen molar-refractivity contribution in [1.82, 2.24) is 20.5 Å². The Balaban J connectivity index is 1.50. The highest BCUT2D eigenvalue weighted by atomic mass is 35.5. The molecule has 2 amide bonds. The van der Waals surface area contributed by atoms with E-state index in [9.17, 15) is 22.8 Å². The van der Waals surface area contributed by atoms with Crippen molar-refractivity contribution < 1.29 is 22.8 Å². The molecule has 0 atom stereocenters. The molecular weight excluding hydrogens is 490 g/mol. The van der Waals surface area contributed by atoms with E-state index in [1.165, 1.54) is 0 Å². The Morgan fingerprint density at radius 3 is 2.50 bits per heavy atom. The maximum atomic E-state index is 12.8. The zero-order chi connectivity index (χ0) is 23.3. The van der Waals surface area contributed by atoms with Gasteiger partial charge in [-0.15, -0.1) is 5.10 Å². The van der Waals surface area contributed by atoms with E-state index in [0.29, 0.717) is 16.4 Å². The van der Waals surface area contributed by atoms with Gasteiger partial charge in [0.15, 0.2) is 0 Å². The summed E-state index contributed by atoms with van der Waals surface area (Å²) in [5.74, 6) is -0.722. The van der Waals surface area contributed by atoms with Crippen molar-refractivity contribution in [3.63, 3.8) is 0 Å². The summed E-state index contributed by atoms with van der Waals surface area (Å²) in [6.45, 7) is 0.0705. The summed E-state index contributed by atoms with van der Waals surface area (Å²) in [6, 6.07) is 9.00. The number of alkyl halides is 3. The maximum Gasteiger partial charge on any atom is 0.416 e. The van der Waals surface area contributed by atoms with Gasteiger partial charge >= 0.3 is 6.18 Å². The molecular formula is C19H14Cl2F3N5O2S. The largest absolute Gasteiger partial charge is 0.416 e. The summed E-state index contributed by atoms with van der Waals surface area (Å²) < 4.78 is 38.5. The zero-order valence-electron chi connectivity index (χ0n) is 16.0. The number of aromatic amines is 1. The van der Waals surface area contributed by atoms with Crippen LogP contribution in [0.2, 0.25) is 10.0 Å². The molecule has 3 aromatic rings. The SMILES string of the molecule is O=C(CSc1n[nH]c(CNC(=O)c2ccc(Cl)cc2)n1)Nc1cc(C(F)(F)F)ccc1Cl. The Kier molecular flexibility index (Phi) is 7.64. The quantitative estimate of drug-likeness (QED) is 0.402. The smallest absolute Gasteiger partial charge is 0.345 e. The summed E-state index contributed by atoms with van der Waals surface area (Å²) in [4.78, 5) is 28.3. The molecule has 7 nitrogen and oxygen atoms in total. The average molecular weight is 504 g/mol. The molecule has 0 saturated carbocycles. The van der Waals surface area contributed by atoms with Gasteiger partial charge in [0.2, 0.25) is 11.1 Å². The van der Waals surface area contributed by atoms with Crippen LogP contribution in [0.25, 0.3) is 0 Å². The summed E-state index contributed by atoms with van der Waals surface area (Å²) in [5.41, 5.74) is -0.648. The van der Waals surface area contributed by atoms with Gasteiger partial charge in [-0.2, -0.15) is 13.2 Å². The Morgan fingerprint density at radius 1 is 1.09 bits per heavy atom. The monoisotopic (exact) mass is 503 g/mol. The van der Waals surface area contributed by atoms with Gasteiger partial charge in [-0.1, -0.05) is 35.0 Å². The topological polar surface area (TPSA) is 99.8 Å². The first kappa shape index (κ1) is 23.9. The first-order valence-corrected chi connectivity index (χ1v) is 10.6. The number of rotatable bonds is 7. The van der Waals surface area contributed by atoms with Crippen molar-refractivity contribution in [3.05, 3.63) is 69.5 Å². The molecule has 0 saturated heterocycles. The van der Waals surface area contributed by atoms with Crippen LogP contribution in [0.4, 0.5) is 18.9 Å². The Bertz CT molecular complexity index is 1120. The molecule has 1 heterocycles. The lowest BCUT2D eigenvalue weighted by atomic mass is 10.2. The Hall–Kier alpha value is -2.76. The van der Waals surface area contributed by atoms with E-state index in [1.807, 2.05) is 0 Å². The number of aromatic nitrogens is 3. The van der Waals surface area contributed by atoms with Crippen LogP contribution >= 0.6 is 35.0 Å². The van der Waals surface area contributed by atoms with Crippen molar-refractivity contribution in [2.75, 3.05) is 11.1 Å². The molecule has 0 radical (unpaired) electrons. The molecule has 0 fully saturated rings. The van der Waals surface area contributed by atoms with Crippen LogP contribution in [0.3, 0.4) is 0 Å². The molecule has 0 aliphatic rings. The molecule has 0 unspecified atom stereocenters. The lowest BCUT2D eigenvalue weighted by Gasteiger charge is -2.11. The summed E-state index contributed by atoms with van der Waals surface area (Å²) >= 11 is 12.6. The third-order valence-electron chi connectivity index (χ3n) is 3.93. The first-order chi connectivity index (χ1) is 15.1. The fourth-order valence-electron chi connectivity index (χ4n) is 2.40. The van der Waals surface area contributed by atoms with Crippen molar-refractivity contribution in [3.8, 4) is 0 Å². The lowest BCUT2D eigenvalue weighted by molar-refractivity contribution is -0.137. The third kappa shape index (κ3) is 6.62. The van der Waals surface area contributed by atoms with Gasteiger partial charge in [0.25, 0.3) is 5.91 Å². The third-order valence-corrected chi connectivity index (χ3v) is 5.36. The van der Waals surface area contributed by atoms with E-state index >= 15 is 0 Å². The van der Waals surface area contributed by atoms with Crippen LogP contribution in [0.5, 0.6) is 0 Å². The predicted octanol–water partition coefficient (Wildman–Crippen LogP) is 4.79. The molecule has 1 aromatic heterocycles. The molecule has 3 rings (SSSR count). The number of nitrogens with one attached hydrogen (secondary N) is 3. The molecule has 168 valence electrons. The van der Waals surface area contributed by atoms with Crippen molar-refractivity contribution >= 4 is 52.5 Å². The van der Waals surface area contributed by atoms with Gasteiger partial charge < -0.3 is 10.6 Å². The van der Waals surface area contributed by atoms with Gasteiger partial charge in [-0.3, -0.25) is 14.7 Å². The van der Waals surface area contributed by atoms with Crippen molar-refractivity contribution in [1.29, 1.82) is 0 Å². The van der Waals surface area contributed by atoms with Crippen LogP contribution in [0, 0.1) is 0 Å². The van der Waals surface area contributed by atoms with E-state index < -0.39 is 17.6 Å². The molecule has 0 aliphatic carbocycles. The fraction of sp³-hybridized carbons (Fsp3) is 0.158. The standard InChI is InChI=1S/C19H14Cl2F3N5O2S/c20-12-4-1-10(2-5-12)17(31)25-8-15-27-18(29-28-15)32-9-16(30)26-14-7-11(19(22,23)24)3-6-13(14)21/h1-7H,8-9H2,(H,25,31)(H,26,30)(H,27,28,29). The number of amides is 2. The van der Waals surface area contributed by atoms with Gasteiger partial charge in [0.05, 0.1) is 28.6 Å². The minimum atomic E-state index is -4.56. The molecule has 0 aliphatic heterocycles. The molecule has 0 bridgehead atoms. The highest BCUT2D eigenvalue weighted by molar-refractivity contribution is 7.99. The van der Waals surface area contributed by atoms with Crippen LogP contribution in [-0.4, -0.2) is 32.7 Å². The highest BCUT2D eigenvalue weighted by Crippen LogP contribution is 2.33. The molecule has 3 N–H and O–H groups in total. The number of hydrogen-bond acceptors (Lipinski definition) is 5. The first-order valence-electron chi connectivity index (χ1n) is 8.86. The van der Waals surface area contributed by atoms with E-state index in [1.54, 1.807) is 24.3 Å². The van der Waals surface area contributed by atoms with Gasteiger partial charge in [-0.25, -0.2) is 4.98 Å².